The van der Waals surface area contributed by atoms with Crippen LogP contribution in [-0.4, -0.2) is 19.3 Å². The van der Waals surface area contributed by atoms with Crippen LogP contribution in [0.5, 0.6) is 0 Å². The average molecular weight is 252 g/mol. The van der Waals surface area contributed by atoms with Gasteiger partial charge in [-0.1, -0.05) is 0 Å². The van der Waals surface area contributed by atoms with Gasteiger partial charge in [-0.3, -0.25) is 0 Å². The molecule has 0 amide bonds. The van der Waals surface area contributed by atoms with E-state index < -0.39 is 11.6 Å². The van der Waals surface area contributed by atoms with E-state index in [-0.39, 0.29) is 16.9 Å². The van der Waals surface area contributed by atoms with Gasteiger partial charge in [0.2, 0.25) is 0 Å². The van der Waals surface area contributed by atoms with Gasteiger partial charge in [-0.2, -0.15) is 5.26 Å². The van der Waals surface area contributed by atoms with Crippen LogP contribution in [-0.2, 0) is 4.74 Å². The number of nitrogens with one attached hydrogen (secondary N) is 1. The summed E-state index contributed by atoms with van der Waals surface area (Å²) in [7, 11) is 1.60. The molecular weight excluding hydrogens is 238 g/mol. The van der Waals surface area contributed by atoms with E-state index in [2.05, 4.69) is 5.32 Å². The number of halogens is 2. The molecular formula is C13H14F2N2O. The smallest absolute Gasteiger partial charge is 0.150 e. The fraction of sp³-hybridized carbons (Fsp3) is 0.462. The first-order valence-corrected chi connectivity index (χ1v) is 5.78. The molecule has 1 saturated carbocycles. The number of nitriles is 1. The quantitative estimate of drug-likeness (QED) is 0.896. The number of nitrogens with zero attached hydrogens (tertiary/aromatic N) is 1. The average Bonchev–Trinajstić information content (AvgIpc) is 2.30. The zero-order valence-electron chi connectivity index (χ0n) is 10.1. The zero-order valence-corrected chi connectivity index (χ0v) is 10.1. The standard InChI is InChI=1S/C13H14F2N2O/c1-18-13(3-2-4-13)8-17-12-10(14)5-9(7-16)6-11(12)15/h5-6,17H,2-4,8H2,1H3. The van der Waals surface area contributed by atoms with E-state index in [0.717, 1.165) is 31.4 Å². The third kappa shape index (κ3) is 2.29. The SMILES string of the molecule is COC1(CNc2c(F)cc(C#N)cc2F)CCC1. The molecule has 3 nitrogen and oxygen atoms in total. The summed E-state index contributed by atoms with van der Waals surface area (Å²) >= 11 is 0. The highest BCUT2D eigenvalue weighted by molar-refractivity contribution is 5.50. The van der Waals surface area contributed by atoms with Gasteiger partial charge in [0, 0.05) is 13.7 Å². The number of hydrogen-bond donors (Lipinski definition) is 1. The van der Waals surface area contributed by atoms with Crippen molar-refractivity contribution in [2.75, 3.05) is 19.0 Å². The van der Waals surface area contributed by atoms with Crippen molar-refractivity contribution >= 4 is 5.69 Å². The maximum absolute atomic E-state index is 13.6. The molecule has 0 unspecified atom stereocenters. The topological polar surface area (TPSA) is 45.0 Å². The van der Waals surface area contributed by atoms with Crippen molar-refractivity contribution in [1.82, 2.24) is 0 Å². The van der Waals surface area contributed by atoms with Gasteiger partial charge in [0.15, 0.2) is 11.6 Å². The Morgan fingerprint density at radius 1 is 1.39 bits per heavy atom. The maximum atomic E-state index is 13.6. The van der Waals surface area contributed by atoms with E-state index in [9.17, 15) is 8.78 Å². The number of anilines is 1. The molecule has 0 aromatic heterocycles. The van der Waals surface area contributed by atoms with E-state index in [0.29, 0.717) is 6.54 Å². The molecule has 18 heavy (non-hydrogen) atoms. The Hall–Kier alpha value is -1.67. The number of methoxy groups -OCH3 is 1. The molecule has 1 N–H and O–H groups in total. The molecule has 0 atom stereocenters. The van der Waals surface area contributed by atoms with E-state index in [1.54, 1.807) is 13.2 Å². The Morgan fingerprint density at radius 2 is 2.00 bits per heavy atom. The highest BCUT2D eigenvalue weighted by atomic mass is 19.1. The van der Waals surface area contributed by atoms with Crippen molar-refractivity contribution in [3.8, 4) is 6.07 Å². The minimum Gasteiger partial charge on any atom is -0.377 e. The van der Waals surface area contributed by atoms with Crippen molar-refractivity contribution in [2.45, 2.75) is 24.9 Å². The van der Waals surface area contributed by atoms with Crippen LogP contribution in [0.3, 0.4) is 0 Å². The molecule has 2 rings (SSSR count). The summed E-state index contributed by atoms with van der Waals surface area (Å²) < 4.78 is 32.6. The summed E-state index contributed by atoms with van der Waals surface area (Å²) in [5.74, 6) is -1.51. The molecule has 1 aromatic rings. The van der Waals surface area contributed by atoms with Gasteiger partial charge in [0.05, 0.1) is 17.2 Å². The first-order valence-electron chi connectivity index (χ1n) is 5.78. The summed E-state index contributed by atoms with van der Waals surface area (Å²) in [5.41, 5.74) is -0.537. The van der Waals surface area contributed by atoms with Gasteiger partial charge in [0.25, 0.3) is 0 Å². The molecule has 0 saturated heterocycles. The summed E-state index contributed by atoms with van der Waals surface area (Å²) in [6.07, 6.45) is 2.83. The van der Waals surface area contributed by atoms with E-state index >= 15 is 0 Å². The lowest BCUT2D eigenvalue weighted by atomic mass is 9.80. The summed E-state index contributed by atoms with van der Waals surface area (Å²) in [4.78, 5) is 0. The van der Waals surface area contributed by atoms with E-state index in [1.807, 2.05) is 0 Å². The Morgan fingerprint density at radius 3 is 2.39 bits per heavy atom. The maximum Gasteiger partial charge on any atom is 0.150 e. The Labute approximate surface area is 104 Å². The lowest BCUT2D eigenvalue weighted by molar-refractivity contribution is -0.0601. The second kappa shape index (κ2) is 4.91. The Kier molecular flexibility index (Phi) is 3.48. The van der Waals surface area contributed by atoms with Crippen molar-refractivity contribution < 1.29 is 13.5 Å². The molecule has 1 fully saturated rings. The summed E-state index contributed by atoms with van der Waals surface area (Å²) in [6, 6.07) is 3.75. The molecule has 0 spiro atoms. The predicted octanol–water partition coefficient (Wildman–Crippen LogP) is 2.82. The monoisotopic (exact) mass is 252 g/mol. The summed E-state index contributed by atoms with van der Waals surface area (Å²) in [6.45, 7) is 0.364. The van der Waals surface area contributed by atoms with Gasteiger partial charge in [-0.25, -0.2) is 8.78 Å². The molecule has 5 heteroatoms. The Balaban J connectivity index is 2.12. The molecule has 0 aliphatic heterocycles. The van der Waals surface area contributed by atoms with Crippen molar-refractivity contribution in [3.05, 3.63) is 29.3 Å². The largest absolute Gasteiger partial charge is 0.377 e. The molecule has 0 bridgehead atoms. The van der Waals surface area contributed by atoms with Crippen LogP contribution in [0, 0.1) is 23.0 Å². The van der Waals surface area contributed by atoms with E-state index in [4.69, 9.17) is 10.00 Å². The minimum atomic E-state index is -0.753. The van der Waals surface area contributed by atoms with Crippen molar-refractivity contribution in [3.63, 3.8) is 0 Å². The number of hydrogen-bond acceptors (Lipinski definition) is 3. The van der Waals surface area contributed by atoms with Crippen LogP contribution in [0.25, 0.3) is 0 Å². The first-order chi connectivity index (χ1) is 8.60. The van der Waals surface area contributed by atoms with Crippen LogP contribution in [0.1, 0.15) is 24.8 Å². The molecule has 0 radical (unpaired) electrons. The number of rotatable bonds is 4. The van der Waals surface area contributed by atoms with Gasteiger partial charge in [-0.05, 0) is 31.4 Å². The zero-order chi connectivity index (χ0) is 13.2. The highest BCUT2D eigenvalue weighted by Crippen LogP contribution is 2.35. The minimum absolute atomic E-state index is 0.0272. The molecule has 1 aliphatic rings. The van der Waals surface area contributed by atoms with Crippen LogP contribution >= 0.6 is 0 Å². The van der Waals surface area contributed by atoms with Gasteiger partial charge in [-0.15, -0.1) is 0 Å². The second-order valence-corrected chi connectivity index (χ2v) is 4.52. The van der Waals surface area contributed by atoms with E-state index in [1.165, 1.54) is 0 Å². The lowest BCUT2D eigenvalue weighted by Crippen LogP contribution is -2.45. The molecule has 1 aromatic carbocycles. The fourth-order valence-electron chi connectivity index (χ4n) is 2.08. The van der Waals surface area contributed by atoms with Gasteiger partial charge >= 0.3 is 0 Å². The fourth-order valence-corrected chi connectivity index (χ4v) is 2.08. The number of benzene rings is 1. The molecule has 1 aliphatic carbocycles. The van der Waals surface area contributed by atoms with Gasteiger partial charge in [0.1, 0.15) is 5.69 Å². The van der Waals surface area contributed by atoms with Gasteiger partial charge < -0.3 is 10.1 Å². The summed E-state index contributed by atoms with van der Waals surface area (Å²) in [5, 5.41) is 11.3. The first kappa shape index (κ1) is 12.8. The van der Waals surface area contributed by atoms with Crippen LogP contribution in [0.15, 0.2) is 12.1 Å². The Bertz CT molecular complexity index is 464. The number of ether oxygens (including phenoxy) is 1. The van der Waals surface area contributed by atoms with Crippen LogP contribution in [0.4, 0.5) is 14.5 Å². The molecule has 96 valence electrons. The third-order valence-electron chi connectivity index (χ3n) is 3.46. The lowest BCUT2D eigenvalue weighted by Gasteiger charge is -2.40. The highest BCUT2D eigenvalue weighted by Gasteiger charge is 2.37. The second-order valence-electron chi connectivity index (χ2n) is 4.52. The predicted molar refractivity (Wildman–Crippen MR) is 63.2 cm³/mol. The van der Waals surface area contributed by atoms with Crippen LogP contribution < -0.4 is 5.32 Å². The third-order valence-corrected chi connectivity index (χ3v) is 3.46. The normalized spacial score (nSPS) is 16.8. The van der Waals surface area contributed by atoms with Crippen molar-refractivity contribution in [2.24, 2.45) is 0 Å². The molecule has 0 heterocycles. The van der Waals surface area contributed by atoms with Crippen LogP contribution in [0.2, 0.25) is 0 Å². The van der Waals surface area contributed by atoms with Crippen molar-refractivity contribution in [1.29, 1.82) is 5.26 Å².